The number of nitrogens with one attached hydrogen (secondary N) is 2. The molecule has 1 aromatic heterocycles. The fraction of sp³-hybridized carbons (Fsp3) is 0.714. The Labute approximate surface area is 104 Å². The SMILES string of the molecule is CC(CCc1ccco1)NC1CCCNCC1. The van der Waals surface area contributed by atoms with Crippen LogP contribution in [0.5, 0.6) is 0 Å². The van der Waals surface area contributed by atoms with Crippen LogP contribution in [0, 0.1) is 0 Å². The van der Waals surface area contributed by atoms with Crippen LogP contribution in [0.25, 0.3) is 0 Å². The van der Waals surface area contributed by atoms with E-state index in [1.165, 1.54) is 25.8 Å². The van der Waals surface area contributed by atoms with Gasteiger partial charge >= 0.3 is 0 Å². The minimum atomic E-state index is 0.572. The van der Waals surface area contributed by atoms with Crippen molar-refractivity contribution in [3.05, 3.63) is 24.2 Å². The van der Waals surface area contributed by atoms with Crippen LogP contribution in [0.2, 0.25) is 0 Å². The lowest BCUT2D eigenvalue weighted by Crippen LogP contribution is -2.37. The van der Waals surface area contributed by atoms with Crippen molar-refractivity contribution in [1.29, 1.82) is 0 Å². The molecule has 2 rings (SSSR count). The highest BCUT2D eigenvalue weighted by Gasteiger charge is 2.14. The second-order valence-corrected chi connectivity index (χ2v) is 5.06. The van der Waals surface area contributed by atoms with E-state index in [1.807, 2.05) is 6.07 Å². The van der Waals surface area contributed by atoms with E-state index < -0.39 is 0 Å². The molecule has 3 heteroatoms. The van der Waals surface area contributed by atoms with Crippen LogP contribution >= 0.6 is 0 Å². The molecule has 0 radical (unpaired) electrons. The Hall–Kier alpha value is -0.800. The maximum Gasteiger partial charge on any atom is 0.103 e. The summed E-state index contributed by atoms with van der Waals surface area (Å²) in [5.74, 6) is 1.10. The van der Waals surface area contributed by atoms with Crippen molar-refractivity contribution < 1.29 is 4.42 Å². The first-order valence-corrected chi connectivity index (χ1v) is 6.84. The average molecular weight is 236 g/mol. The predicted octanol–water partition coefficient (Wildman–Crippen LogP) is 2.33. The molecule has 3 nitrogen and oxygen atoms in total. The molecular weight excluding hydrogens is 212 g/mol. The Bertz CT molecular complexity index is 289. The van der Waals surface area contributed by atoms with Crippen LogP contribution in [-0.4, -0.2) is 25.2 Å². The van der Waals surface area contributed by atoms with Gasteiger partial charge in [0.2, 0.25) is 0 Å². The molecule has 2 atom stereocenters. The van der Waals surface area contributed by atoms with Crippen molar-refractivity contribution in [3.8, 4) is 0 Å². The van der Waals surface area contributed by atoms with Crippen LogP contribution in [0.4, 0.5) is 0 Å². The molecule has 1 aliphatic heterocycles. The zero-order valence-electron chi connectivity index (χ0n) is 10.7. The van der Waals surface area contributed by atoms with Crippen LogP contribution in [0.3, 0.4) is 0 Å². The summed E-state index contributed by atoms with van der Waals surface area (Å²) in [5.41, 5.74) is 0. The van der Waals surface area contributed by atoms with Crippen molar-refractivity contribution in [2.24, 2.45) is 0 Å². The molecule has 1 fully saturated rings. The van der Waals surface area contributed by atoms with Crippen molar-refractivity contribution >= 4 is 0 Å². The second-order valence-electron chi connectivity index (χ2n) is 5.06. The Morgan fingerprint density at radius 2 is 2.41 bits per heavy atom. The summed E-state index contributed by atoms with van der Waals surface area (Å²) in [4.78, 5) is 0. The summed E-state index contributed by atoms with van der Waals surface area (Å²) in [7, 11) is 0. The zero-order chi connectivity index (χ0) is 11.9. The first-order chi connectivity index (χ1) is 8.34. The van der Waals surface area contributed by atoms with Gasteiger partial charge in [-0.05, 0) is 57.8 Å². The van der Waals surface area contributed by atoms with Gasteiger partial charge in [-0.25, -0.2) is 0 Å². The molecule has 17 heavy (non-hydrogen) atoms. The Kier molecular flexibility index (Phi) is 5.08. The van der Waals surface area contributed by atoms with E-state index in [-0.39, 0.29) is 0 Å². The van der Waals surface area contributed by atoms with E-state index in [2.05, 4.69) is 23.6 Å². The molecule has 0 aliphatic carbocycles. The average Bonchev–Trinajstić information content (AvgIpc) is 2.72. The molecule has 0 spiro atoms. The Morgan fingerprint density at radius 1 is 1.47 bits per heavy atom. The Balaban J connectivity index is 1.67. The standard InChI is InChI=1S/C14H24N2O/c1-12(6-7-14-5-3-11-17-14)16-13-4-2-9-15-10-8-13/h3,5,11-13,15-16H,2,4,6-10H2,1H3. The third-order valence-electron chi connectivity index (χ3n) is 3.50. The molecule has 0 saturated carbocycles. The van der Waals surface area contributed by atoms with Gasteiger partial charge < -0.3 is 15.1 Å². The summed E-state index contributed by atoms with van der Waals surface area (Å²) >= 11 is 0. The maximum absolute atomic E-state index is 5.36. The molecule has 96 valence electrons. The highest BCUT2D eigenvalue weighted by Crippen LogP contribution is 2.09. The van der Waals surface area contributed by atoms with Gasteiger partial charge in [0.1, 0.15) is 5.76 Å². The predicted molar refractivity (Wildman–Crippen MR) is 70.1 cm³/mol. The third kappa shape index (κ3) is 4.52. The van der Waals surface area contributed by atoms with Gasteiger partial charge in [0.05, 0.1) is 6.26 Å². The van der Waals surface area contributed by atoms with Crippen LogP contribution in [0.15, 0.2) is 22.8 Å². The van der Waals surface area contributed by atoms with Crippen molar-refractivity contribution in [2.45, 2.75) is 51.1 Å². The van der Waals surface area contributed by atoms with E-state index >= 15 is 0 Å². The topological polar surface area (TPSA) is 37.2 Å². The van der Waals surface area contributed by atoms with Gasteiger partial charge in [0.25, 0.3) is 0 Å². The molecule has 0 bridgehead atoms. The summed E-state index contributed by atoms with van der Waals surface area (Å²) in [6.45, 7) is 4.61. The zero-order valence-corrected chi connectivity index (χ0v) is 10.7. The van der Waals surface area contributed by atoms with Crippen LogP contribution in [0.1, 0.15) is 38.4 Å². The number of furan rings is 1. The van der Waals surface area contributed by atoms with Gasteiger partial charge in [-0.15, -0.1) is 0 Å². The lowest BCUT2D eigenvalue weighted by molar-refractivity contribution is 0.389. The summed E-state index contributed by atoms with van der Waals surface area (Å²) < 4.78 is 5.36. The molecule has 1 aromatic rings. The summed E-state index contributed by atoms with van der Waals surface area (Å²) in [6, 6.07) is 5.28. The van der Waals surface area contributed by atoms with Crippen LogP contribution in [-0.2, 0) is 6.42 Å². The van der Waals surface area contributed by atoms with Gasteiger partial charge in [-0.2, -0.15) is 0 Å². The number of hydrogen-bond acceptors (Lipinski definition) is 3. The quantitative estimate of drug-likeness (QED) is 0.824. The molecule has 0 aromatic carbocycles. The monoisotopic (exact) mass is 236 g/mol. The van der Waals surface area contributed by atoms with Gasteiger partial charge in [0.15, 0.2) is 0 Å². The number of rotatable bonds is 5. The van der Waals surface area contributed by atoms with Crippen molar-refractivity contribution in [2.75, 3.05) is 13.1 Å². The number of aryl methyl sites for hydroxylation is 1. The summed E-state index contributed by atoms with van der Waals surface area (Å²) in [6.07, 6.45) is 7.79. The lowest BCUT2D eigenvalue weighted by Gasteiger charge is -2.21. The molecule has 1 saturated heterocycles. The first-order valence-electron chi connectivity index (χ1n) is 6.84. The van der Waals surface area contributed by atoms with E-state index in [9.17, 15) is 0 Å². The smallest absolute Gasteiger partial charge is 0.103 e. The molecule has 2 N–H and O–H groups in total. The van der Waals surface area contributed by atoms with E-state index in [4.69, 9.17) is 4.42 Å². The fourth-order valence-corrected chi connectivity index (χ4v) is 2.49. The molecular formula is C14H24N2O. The largest absolute Gasteiger partial charge is 0.469 e. The lowest BCUT2D eigenvalue weighted by atomic mass is 10.1. The second kappa shape index (κ2) is 6.82. The first kappa shape index (κ1) is 12.7. The van der Waals surface area contributed by atoms with E-state index in [0.29, 0.717) is 12.1 Å². The highest BCUT2D eigenvalue weighted by atomic mass is 16.3. The maximum atomic E-state index is 5.36. The van der Waals surface area contributed by atoms with Gasteiger partial charge in [0, 0.05) is 18.5 Å². The van der Waals surface area contributed by atoms with Gasteiger partial charge in [-0.3, -0.25) is 0 Å². The van der Waals surface area contributed by atoms with Crippen molar-refractivity contribution in [3.63, 3.8) is 0 Å². The fourth-order valence-electron chi connectivity index (χ4n) is 2.49. The van der Waals surface area contributed by atoms with E-state index in [0.717, 1.165) is 25.1 Å². The minimum Gasteiger partial charge on any atom is -0.469 e. The molecule has 2 unspecified atom stereocenters. The molecule has 2 heterocycles. The van der Waals surface area contributed by atoms with E-state index in [1.54, 1.807) is 6.26 Å². The third-order valence-corrected chi connectivity index (χ3v) is 3.50. The van der Waals surface area contributed by atoms with Crippen LogP contribution < -0.4 is 10.6 Å². The molecule has 1 aliphatic rings. The summed E-state index contributed by atoms with van der Waals surface area (Å²) in [5, 5.41) is 7.19. The number of hydrogen-bond donors (Lipinski definition) is 2. The normalized spacial score (nSPS) is 23.2. The Morgan fingerprint density at radius 3 is 3.24 bits per heavy atom. The van der Waals surface area contributed by atoms with Crippen molar-refractivity contribution in [1.82, 2.24) is 10.6 Å². The minimum absolute atomic E-state index is 0.572. The molecule has 0 amide bonds. The van der Waals surface area contributed by atoms with Gasteiger partial charge in [-0.1, -0.05) is 0 Å². The highest BCUT2D eigenvalue weighted by molar-refractivity contribution is 4.98.